The molecule has 9 nitrogen and oxygen atoms in total. The Labute approximate surface area is 204 Å². The Morgan fingerprint density at radius 3 is 2.81 bits per heavy atom. The molecule has 6 rings (SSSR count). The normalized spacial score (nSPS) is 19.8. The Bertz CT molecular complexity index is 1600. The van der Waals surface area contributed by atoms with E-state index < -0.39 is 11.4 Å². The molecule has 2 N–H and O–H groups in total. The lowest BCUT2D eigenvalue weighted by Gasteiger charge is -2.39. The molecule has 1 fully saturated rings. The third-order valence-corrected chi connectivity index (χ3v) is 6.97. The monoisotopic (exact) mass is 487 g/mol. The van der Waals surface area contributed by atoms with E-state index in [0.29, 0.717) is 45.5 Å². The van der Waals surface area contributed by atoms with Gasteiger partial charge in [-0.1, -0.05) is 0 Å². The van der Waals surface area contributed by atoms with Gasteiger partial charge in [0.25, 0.3) is 5.91 Å². The van der Waals surface area contributed by atoms with E-state index in [1.807, 2.05) is 0 Å². The zero-order chi connectivity index (χ0) is 24.8. The zero-order valence-electron chi connectivity index (χ0n) is 19.2. The summed E-state index contributed by atoms with van der Waals surface area (Å²) >= 11 is 0. The van der Waals surface area contributed by atoms with Crippen LogP contribution in [0.15, 0.2) is 45.7 Å². The van der Waals surface area contributed by atoms with Crippen molar-refractivity contribution in [3.8, 4) is 11.9 Å². The van der Waals surface area contributed by atoms with Crippen LogP contribution in [0.1, 0.15) is 36.9 Å². The summed E-state index contributed by atoms with van der Waals surface area (Å²) in [4.78, 5) is 34.2. The van der Waals surface area contributed by atoms with Crippen LogP contribution in [0.4, 0.5) is 10.1 Å². The van der Waals surface area contributed by atoms with Crippen LogP contribution in [-0.4, -0.2) is 34.6 Å². The summed E-state index contributed by atoms with van der Waals surface area (Å²) < 4.78 is 24.6. The van der Waals surface area contributed by atoms with Crippen LogP contribution < -0.4 is 20.6 Å². The van der Waals surface area contributed by atoms with Crippen molar-refractivity contribution in [2.24, 2.45) is 0 Å². The van der Waals surface area contributed by atoms with Crippen LogP contribution in [0.5, 0.6) is 5.88 Å². The first kappa shape index (κ1) is 22.2. The number of rotatable bonds is 4. The van der Waals surface area contributed by atoms with Gasteiger partial charge in [0.2, 0.25) is 5.88 Å². The number of amides is 1. The van der Waals surface area contributed by atoms with Crippen LogP contribution in [-0.2, 0) is 11.3 Å². The average molecular weight is 487 g/mol. The summed E-state index contributed by atoms with van der Waals surface area (Å²) in [5, 5.41) is 13.7. The van der Waals surface area contributed by atoms with Crippen molar-refractivity contribution in [2.45, 2.75) is 44.3 Å². The number of anilines is 1. The molecule has 1 aliphatic heterocycles. The van der Waals surface area contributed by atoms with Crippen molar-refractivity contribution in [3.05, 3.63) is 64.0 Å². The molecular formula is C26H22FN5O4. The number of hydrogen-bond donors (Lipinski definition) is 2. The van der Waals surface area contributed by atoms with E-state index in [1.165, 1.54) is 24.4 Å². The van der Waals surface area contributed by atoms with Gasteiger partial charge >= 0.3 is 5.63 Å². The fourth-order valence-electron chi connectivity index (χ4n) is 5.23. The topological polar surface area (TPSA) is 124 Å². The third-order valence-electron chi connectivity index (χ3n) is 6.97. The average Bonchev–Trinajstić information content (AvgIpc) is 3.33. The number of ether oxygens (including phenoxy) is 1. The molecule has 1 aliphatic carbocycles. The molecule has 0 saturated heterocycles. The molecule has 36 heavy (non-hydrogen) atoms. The quantitative estimate of drug-likeness (QED) is 0.422. The number of aromatic amines is 1. The van der Waals surface area contributed by atoms with E-state index in [1.54, 1.807) is 17.0 Å². The number of H-pyrrole nitrogens is 1. The summed E-state index contributed by atoms with van der Waals surface area (Å²) in [5.41, 5.74) is 2.19. The fourth-order valence-corrected chi connectivity index (χ4v) is 5.23. The number of nitrogens with zero attached hydrogens (tertiary/aromatic N) is 3. The Hall–Kier alpha value is -4.23. The molecule has 0 unspecified atom stereocenters. The second kappa shape index (κ2) is 8.77. The maximum Gasteiger partial charge on any atom is 0.345 e. The minimum absolute atomic E-state index is 0.00733. The van der Waals surface area contributed by atoms with Crippen molar-refractivity contribution >= 4 is 33.5 Å². The SMILES string of the molecule is N#Cc1cnc2c(c1)N([C@H]1CC[C@H](NCc3cc4c(=O)oc5ccc(F)cc5c4[nH]3)CC1)C(=O)CO2. The van der Waals surface area contributed by atoms with Crippen LogP contribution in [0, 0.1) is 17.1 Å². The predicted octanol–water partition coefficient (Wildman–Crippen LogP) is 3.51. The van der Waals surface area contributed by atoms with Gasteiger partial charge in [-0.2, -0.15) is 5.26 Å². The molecule has 0 radical (unpaired) electrons. The number of hydrogen-bond acceptors (Lipinski definition) is 7. The third kappa shape index (κ3) is 3.87. The van der Waals surface area contributed by atoms with Crippen molar-refractivity contribution in [3.63, 3.8) is 0 Å². The van der Waals surface area contributed by atoms with E-state index in [0.717, 1.165) is 31.4 Å². The fraction of sp³-hybridized carbons (Fsp3) is 0.308. The lowest BCUT2D eigenvalue weighted by Crippen LogP contribution is -2.49. The van der Waals surface area contributed by atoms with Crippen molar-refractivity contribution < 1.29 is 18.3 Å². The summed E-state index contributed by atoms with van der Waals surface area (Å²) in [7, 11) is 0. The molecule has 2 aliphatic rings. The van der Waals surface area contributed by atoms with Gasteiger partial charge in [0.1, 0.15) is 23.2 Å². The van der Waals surface area contributed by atoms with E-state index in [9.17, 15) is 19.2 Å². The second-order valence-electron chi connectivity index (χ2n) is 9.21. The summed E-state index contributed by atoms with van der Waals surface area (Å²) in [5.74, 6) is -0.148. The maximum atomic E-state index is 13.8. The number of benzene rings is 1. The number of nitriles is 1. The Balaban J connectivity index is 1.14. The Morgan fingerprint density at radius 1 is 1.17 bits per heavy atom. The first-order chi connectivity index (χ1) is 17.5. The zero-order valence-corrected chi connectivity index (χ0v) is 19.2. The number of nitrogens with one attached hydrogen (secondary N) is 2. The molecule has 10 heteroatoms. The van der Waals surface area contributed by atoms with Crippen molar-refractivity contribution in [2.75, 3.05) is 11.5 Å². The smallest absolute Gasteiger partial charge is 0.345 e. The minimum Gasteiger partial charge on any atom is -0.466 e. The summed E-state index contributed by atoms with van der Waals surface area (Å²) in [6, 6.07) is 9.79. The largest absolute Gasteiger partial charge is 0.466 e. The second-order valence-corrected chi connectivity index (χ2v) is 9.21. The van der Waals surface area contributed by atoms with Gasteiger partial charge < -0.3 is 24.4 Å². The minimum atomic E-state index is -0.461. The van der Waals surface area contributed by atoms with Crippen molar-refractivity contribution in [1.82, 2.24) is 15.3 Å². The van der Waals surface area contributed by atoms with E-state index in [4.69, 9.17) is 9.15 Å². The highest BCUT2D eigenvalue weighted by Gasteiger charge is 2.35. The first-order valence-electron chi connectivity index (χ1n) is 11.8. The van der Waals surface area contributed by atoms with Crippen molar-refractivity contribution in [1.29, 1.82) is 5.26 Å². The Kier molecular flexibility index (Phi) is 5.42. The molecular weight excluding hydrogens is 465 g/mol. The standard InChI is InChI=1S/C26H22FN5O4/c27-15-1-6-22-19(8-15)24-20(26(34)36-22)9-17(31-24)12-29-16-2-4-18(5-3-16)32-21-7-14(10-28)11-30-25(21)35-13-23(32)33/h1,6-9,11,16,18,29,31H,2-5,12-13H2/t16-,18-. The van der Waals surface area contributed by atoms with Gasteiger partial charge in [-0.25, -0.2) is 14.2 Å². The molecule has 182 valence electrons. The van der Waals surface area contributed by atoms with E-state index in [2.05, 4.69) is 21.4 Å². The van der Waals surface area contributed by atoms with Crippen LogP contribution in [0.2, 0.25) is 0 Å². The van der Waals surface area contributed by atoms with Gasteiger partial charge in [-0.05, 0) is 56.0 Å². The van der Waals surface area contributed by atoms with Gasteiger partial charge in [-0.15, -0.1) is 0 Å². The number of aromatic nitrogens is 2. The Morgan fingerprint density at radius 2 is 2.00 bits per heavy atom. The van der Waals surface area contributed by atoms with Crippen LogP contribution in [0.25, 0.3) is 21.9 Å². The molecule has 0 atom stereocenters. The van der Waals surface area contributed by atoms with Gasteiger partial charge in [0.05, 0.1) is 16.5 Å². The number of carbonyl (C=O) groups excluding carboxylic acids is 1. The number of carbonyl (C=O) groups is 1. The maximum absolute atomic E-state index is 13.8. The molecule has 4 aromatic rings. The van der Waals surface area contributed by atoms with Gasteiger partial charge in [0, 0.05) is 35.9 Å². The highest BCUT2D eigenvalue weighted by molar-refractivity contribution is 6.02. The molecule has 1 aromatic carbocycles. The molecule has 0 bridgehead atoms. The molecule has 1 saturated carbocycles. The van der Waals surface area contributed by atoms with Crippen LogP contribution in [0.3, 0.4) is 0 Å². The summed E-state index contributed by atoms with van der Waals surface area (Å²) in [6.07, 6.45) is 4.74. The van der Waals surface area contributed by atoms with E-state index >= 15 is 0 Å². The predicted molar refractivity (Wildman–Crippen MR) is 129 cm³/mol. The number of fused-ring (bicyclic) bond motifs is 4. The van der Waals surface area contributed by atoms with Gasteiger partial charge in [0.15, 0.2) is 6.61 Å². The highest BCUT2D eigenvalue weighted by atomic mass is 19.1. The summed E-state index contributed by atoms with van der Waals surface area (Å²) in [6.45, 7) is 0.450. The number of pyridine rings is 1. The molecule has 0 spiro atoms. The first-order valence-corrected chi connectivity index (χ1v) is 11.8. The lowest BCUT2D eigenvalue weighted by molar-refractivity contribution is -0.122. The van der Waals surface area contributed by atoms with Gasteiger partial charge in [-0.3, -0.25) is 4.79 Å². The molecule has 4 heterocycles. The molecule has 1 amide bonds. The van der Waals surface area contributed by atoms with Crippen LogP contribution >= 0.6 is 0 Å². The molecule has 3 aromatic heterocycles. The number of halogens is 1. The van der Waals surface area contributed by atoms with E-state index in [-0.39, 0.29) is 24.6 Å². The highest BCUT2D eigenvalue weighted by Crippen LogP contribution is 2.36. The lowest BCUT2D eigenvalue weighted by atomic mass is 9.89.